The molecule has 0 bridgehead atoms. The first-order chi connectivity index (χ1) is 7.99. The van der Waals surface area contributed by atoms with Crippen molar-refractivity contribution in [1.29, 1.82) is 0 Å². The second kappa shape index (κ2) is 4.19. The molecule has 1 saturated heterocycles. The van der Waals surface area contributed by atoms with Gasteiger partial charge in [-0.05, 0) is 0 Å². The van der Waals surface area contributed by atoms with Crippen LogP contribution in [0.1, 0.15) is 6.42 Å². The van der Waals surface area contributed by atoms with E-state index in [-0.39, 0.29) is 18.9 Å². The molecule has 1 aromatic heterocycles. The summed E-state index contributed by atoms with van der Waals surface area (Å²) in [7, 11) is 0. The number of amides is 1. The monoisotopic (exact) mass is 249 g/mol. The van der Waals surface area contributed by atoms with E-state index in [9.17, 15) is 22.4 Å². The molecule has 0 aromatic carbocycles. The zero-order chi connectivity index (χ0) is 12.6. The molecule has 1 aliphatic rings. The van der Waals surface area contributed by atoms with Crippen molar-refractivity contribution in [3.8, 4) is 0 Å². The summed E-state index contributed by atoms with van der Waals surface area (Å²) in [5, 5.41) is 4.64. The zero-order valence-electron chi connectivity index (χ0n) is 8.36. The highest BCUT2D eigenvalue weighted by atomic mass is 19.2. The quantitative estimate of drug-likeness (QED) is 0.605. The van der Waals surface area contributed by atoms with E-state index in [1.54, 1.807) is 0 Å². The van der Waals surface area contributed by atoms with Crippen LogP contribution in [0.4, 0.5) is 23.2 Å². The molecular weight excluding hydrogens is 242 g/mol. The first-order valence-corrected chi connectivity index (χ1v) is 4.72. The molecule has 0 radical (unpaired) electrons. The number of pyridine rings is 1. The van der Waals surface area contributed by atoms with Crippen LogP contribution in [-0.4, -0.2) is 23.5 Å². The number of hydrogen-bond donors (Lipinski definition) is 2. The van der Waals surface area contributed by atoms with Crippen molar-refractivity contribution in [1.82, 2.24) is 10.3 Å². The van der Waals surface area contributed by atoms with Crippen molar-refractivity contribution in [3.05, 3.63) is 23.5 Å². The minimum atomic E-state index is -1.73. The Morgan fingerprint density at radius 3 is 2.24 bits per heavy atom. The van der Waals surface area contributed by atoms with Crippen molar-refractivity contribution in [2.45, 2.75) is 12.5 Å². The fourth-order valence-corrected chi connectivity index (χ4v) is 1.53. The minimum Gasteiger partial charge on any atom is -0.375 e. The Morgan fingerprint density at radius 1 is 1.18 bits per heavy atom. The molecule has 2 N–H and O–H groups in total. The van der Waals surface area contributed by atoms with Gasteiger partial charge in [0, 0.05) is 13.0 Å². The van der Waals surface area contributed by atoms with Gasteiger partial charge in [-0.3, -0.25) is 4.79 Å². The van der Waals surface area contributed by atoms with E-state index in [0.29, 0.717) is 0 Å². The normalized spacial score (nSPS) is 19.3. The largest absolute Gasteiger partial charge is 0.375 e. The van der Waals surface area contributed by atoms with E-state index in [4.69, 9.17) is 0 Å². The summed E-state index contributed by atoms with van der Waals surface area (Å²) < 4.78 is 51.9. The Balaban J connectivity index is 2.29. The lowest BCUT2D eigenvalue weighted by molar-refractivity contribution is -0.119. The van der Waals surface area contributed by atoms with Crippen LogP contribution in [0.2, 0.25) is 0 Å². The van der Waals surface area contributed by atoms with Crippen LogP contribution in [0.15, 0.2) is 0 Å². The lowest BCUT2D eigenvalue weighted by atomic mass is 10.2. The molecule has 0 spiro atoms. The van der Waals surface area contributed by atoms with Crippen molar-refractivity contribution in [3.63, 3.8) is 0 Å². The SMILES string of the molecule is O=C1CC(Nc2c(F)c(F)nc(F)c2F)CN1. The molecule has 4 nitrogen and oxygen atoms in total. The van der Waals surface area contributed by atoms with Crippen molar-refractivity contribution >= 4 is 11.6 Å². The highest BCUT2D eigenvalue weighted by Gasteiger charge is 2.26. The second-order valence-electron chi connectivity index (χ2n) is 3.55. The van der Waals surface area contributed by atoms with Gasteiger partial charge in [0.2, 0.25) is 17.5 Å². The predicted octanol–water partition coefficient (Wildman–Crippen LogP) is 0.938. The van der Waals surface area contributed by atoms with Gasteiger partial charge in [-0.25, -0.2) is 0 Å². The molecule has 92 valence electrons. The second-order valence-corrected chi connectivity index (χ2v) is 3.55. The fraction of sp³-hybridized carbons (Fsp3) is 0.333. The molecule has 8 heteroatoms. The number of aromatic nitrogens is 1. The van der Waals surface area contributed by atoms with Crippen LogP contribution in [0.3, 0.4) is 0 Å². The van der Waals surface area contributed by atoms with Crippen LogP contribution < -0.4 is 10.6 Å². The van der Waals surface area contributed by atoms with Crippen LogP contribution in [0, 0.1) is 23.5 Å². The van der Waals surface area contributed by atoms with Gasteiger partial charge in [-0.2, -0.15) is 22.5 Å². The van der Waals surface area contributed by atoms with Crippen LogP contribution in [0.25, 0.3) is 0 Å². The smallest absolute Gasteiger partial charge is 0.253 e. The van der Waals surface area contributed by atoms with E-state index in [0.717, 1.165) is 0 Å². The van der Waals surface area contributed by atoms with E-state index in [2.05, 4.69) is 15.6 Å². The molecule has 1 atom stereocenters. The first kappa shape index (κ1) is 11.6. The van der Waals surface area contributed by atoms with E-state index in [1.807, 2.05) is 0 Å². The fourth-order valence-electron chi connectivity index (χ4n) is 1.53. The number of carbonyl (C=O) groups is 1. The Labute approximate surface area is 93.0 Å². The molecule has 0 aliphatic carbocycles. The number of nitrogens with one attached hydrogen (secondary N) is 2. The van der Waals surface area contributed by atoms with E-state index in [1.165, 1.54) is 0 Å². The summed E-state index contributed by atoms with van der Waals surface area (Å²) in [6.07, 6.45) is -0.0234. The Bertz CT molecular complexity index is 454. The summed E-state index contributed by atoms with van der Waals surface area (Å²) in [6.45, 7) is 0.128. The van der Waals surface area contributed by atoms with Crippen molar-refractivity contribution < 1.29 is 22.4 Å². The highest BCUT2D eigenvalue weighted by Crippen LogP contribution is 2.23. The third-order valence-corrected chi connectivity index (χ3v) is 2.32. The number of halogens is 4. The number of rotatable bonds is 2. The van der Waals surface area contributed by atoms with E-state index < -0.39 is 35.3 Å². The summed E-state index contributed by atoms with van der Waals surface area (Å²) in [6, 6.07) is -0.618. The van der Waals surface area contributed by atoms with Crippen LogP contribution >= 0.6 is 0 Å². The predicted molar refractivity (Wildman–Crippen MR) is 49.1 cm³/mol. The summed E-state index contributed by atoms with van der Waals surface area (Å²) in [5.41, 5.74) is -0.948. The molecule has 2 rings (SSSR count). The average molecular weight is 249 g/mol. The molecule has 0 saturated carbocycles. The molecule has 17 heavy (non-hydrogen) atoms. The Kier molecular flexibility index (Phi) is 2.86. The van der Waals surface area contributed by atoms with Gasteiger partial charge in [0.05, 0.1) is 6.04 Å². The van der Waals surface area contributed by atoms with Gasteiger partial charge >= 0.3 is 0 Å². The number of anilines is 1. The molecule has 1 unspecified atom stereocenters. The first-order valence-electron chi connectivity index (χ1n) is 4.72. The topological polar surface area (TPSA) is 54.0 Å². The number of nitrogens with zero attached hydrogens (tertiary/aromatic N) is 1. The lowest BCUT2D eigenvalue weighted by Crippen LogP contribution is -2.24. The number of hydrogen-bond acceptors (Lipinski definition) is 3. The highest BCUT2D eigenvalue weighted by molar-refractivity contribution is 5.79. The minimum absolute atomic E-state index is 0.0234. The van der Waals surface area contributed by atoms with Gasteiger partial charge in [0.15, 0.2) is 0 Å². The van der Waals surface area contributed by atoms with Gasteiger partial charge in [-0.15, -0.1) is 0 Å². The van der Waals surface area contributed by atoms with Gasteiger partial charge < -0.3 is 10.6 Å². The van der Waals surface area contributed by atoms with Crippen LogP contribution in [-0.2, 0) is 4.79 Å². The maximum absolute atomic E-state index is 13.2. The Hall–Kier alpha value is -1.86. The third-order valence-electron chi connectivity index (χ3n) is 2.32. The van der Waals surface area contributed by atoms with Gasteiger partial charge in [-0.1, -0.05) is 0 Å². The lowest BCUT2D eigenvalue weighted by Gasteiger charge is -2.13. The van der Waals surface area contributed by atoms with Crippen molar-refractivity contribution in [2.75, 3.05) is 11.9 Å². The molecule has 1 aliphatic heterocycles. The van der Waals surface area contributed by atoms with Crippen molar-refractivity contribution in [2.24, 2.45) is 0 Å². The molecule has 1 aromatic rings. The maximum Gasteiger partial charge on any atom is 0.253 e. The molecule has 1 amide bonds. The standard InChI is InChI=1S/C9H7F4N3O/c10-5-7(6(11)9(13)16-8(5)12)15-3-1-4(17)14-2-3/h3H,1-2H2,(H,14,17)(H,15,16). The summed E-state index contributed by atoms with van der Waals surface area (Å²) in [5.74, 6) is -6.99. The average Bonchev–Trinajstić information content (AvgIpc) is 2.68. The van der Waals surface area contributed by atoms with Crippen LogP contribution in [0.5, 0.6) is 0 Å². The van der Waals surface area contributed by atoms with Gasteiger partial charge in [0.25, 0.3) is 11.9 Å². The number of carbonyl (C=O) groups excluding carboxylic acids is 1. The summed E-state index contributed by atoms with van der Waals surface area (Å²) >= 11 is 0. The molecule has 1 fully saturated rings. The Morgan fingerprint density at radius 2 is 1.76 bits per heavy atom. The summed E-state index contributed by atoms with van der Waals surface area (Å²) in [4.78, 5) is 13.3. The zero-order valence-corrected chi connectivity index (χ0v) is 8.36. The molecular formula is C9H7F4N3O. The maximum atomic E-state index is 13.2. The molecule has 2 heterocycles. The van der Waals surface area contributed by atoms with E-state index >= 15 is 0 Å². The third kappa shape index (κ3) is 2.15. The van der Waals surface area contributed by atoms with Gasteiger partial charge in [0.1, 0.15) is 5.69 Å².